The second-order valence-electron chi connectivity index (χ2n) is 7.43. The Morgan fingerprint density at radius 3 is 2.50 bits per heavy atom. The van der Waals surface area contributed by atoms with Gasteiger partial charge in [-0.15, -0.1) is 0 Å². The number of carbonyl (C=O) groups is 2. The van der Waals surface area contributed by atoms with E-state index in [2.05, 4.69) is 25.3 Å². The number of piperazine rings is 1. The van der Waals surface area contributed by atoms with Gasteiger partial charge in [-0.2, -0.15) is 5.10 Å². The van der Waals surface area contributed by atoms with Crippen molar-refractivity contribution in [2.75, 3.05) is 37.6 Å². The van der Waals surface area contributed by atoms with Crippen LogP contribution in [-0.4, -0.2) is 69.2 Å². The minimum Gasteiger partial charge on any atom is -0.355 e. The number of hydrogen-bond donors (Lipinski definition) is 1. The SMILES string of the molecule is Cc1cc(C)n(-c2cc(N3CCN(C(=O)C4CCC(=O)NC4)CC3)ncn2)n1. The number of nitrogens with zero attached hydrogens (tertiary/aromatic N) is 6. The Balaban J connectivity index is 1.40. The molecule has 28 heavy (non-hydrogen) atoms. The topological polar surface area (TPSA) is 96.2 Å². The van der Waals surface area contributed by atoms with Gasteiger partial charge in [0.15, 0.2) is 5.82 Å². The van der Waals surface area contributed by atoms with Gasteiger partial charge in [0, 0.05) is 50.9 Å². The van der Waals surface area contributed by atoms with Gasteiger partial charge in [0.25, 0.3) is 0 Å². The van der Waals surface area contributed by atoms with Crippen LogP contribution in [0.25, 0.3) is 5.82 Å². The second-order valence-corrected chi connectivity index (χ2v) is 7.43. The first-order valence-corrected chi connectivity index (χ1v) is 9.67. The van der Waals surface area contributed by atoms with Crippen molar-refractivity contribution < 1.29 is 9.59 Å². The van der Waals surface area contributed by atoms with E-state index in [0.717, 1.165) is 36.1 Å². The minimum absolute atomic E-state index is 0.0380. The highest BCUT2D eigenvalue weighted by atomic mass is 16.2. The van der Waals surface area contributed by atoms with Gasteiger partial charge in [-0.3, -0.25) is 9.59 Å². The van der Waals surface area contributed by atoms with Crippen molar-refractivity contribution >= 4 is 17.6 Å². The molecule has 2 aliphatic rings. The molecule has 1 atom stereocenters. The van der Waals surface area contributed by atoms with Gasteiger partial charge in [-0.25, -0.2) is 14.6 Å². The number of piperidine rings is 1. The van der Waals surface area contributed by atoms with Crippen molar-refractivity contribution in [3.63, 3.8) is 0 Å². The summed E-state index contributed by atoms with van der Waals surface area (Å²) in [5.41, 5.74) is 1.97. The lowest BCUT2D eigenvalue weighted by molar-refractivity contribution is -0.137. The normalized spacial score (nSPS) is 20.2. The van der Waals surface area contributed by atoms with Crippen molar-refractivity contribution in [1.82, 2.24) is 30.0 Å². The molecule has 0 aromatic carbocycles. The molecule has 0 radical (unpaired) electrons. The summed E-state index contributed by atoms with van der Waals surface area (Å²) in [4.78, 5) is 36.8. The van der Waals surface area contributed by atoms with Crippen LogP contribution in [0.2, 0.25) is 0 Å². The highest BCUT2D eigenvalue weighted by Gasteiger charge is 2.30. The lowest BCUT2D eigenvalue weighted by Gasteiger charge is -2.37. The van der Waals surface area contributed by atoms with Gasteiger partial charge in [-0.1, -0.05) is 0 Å². The van der Waals surface area contributed by atoms with Gasteiger partial charge in [0.2, 0.25) is 11.8 Å². The number of nitrogens with one attached hydrogen (secondary N) is 1. The number of aromatic nitrogens is 4. The lowest BCUT2D eigenvalue weighted by Crippen LogP contribution is -2.52. The molecule has 2 fully saturated rings. The fourth-order valence-electron chi connectivity index (χ4n) is 3.84. The van der Waals surface area contributed by atoms with Gasteiger partial charge in [0.05, 0.1) is 11.6 Å². The molecule has 0 saturated carbocycles. The summed E-state index contributed by atoms with van der Waals surface area (Å²) in [6.07, 6.45) is 2.64. The molecule has 4 heterocycles. The van der Waals surface area contributed by atoms with Gasteiger partial charge >= 0.3 is 0 Å². The molecule has 1 N–H and O–H groups in total. The smallest absolute Gasteiger partial charge is 0.227 e. The molecule has 2 saturated heterocycles. The molecule has 2 amide bonds. The van der Waals surface area contributed by atoms with E-state index in [9.17, 15) is 9.59 Å². The molecule has 2 aromatic heterocycles. The van der Waals surface area contributed by atoms with E-state index in [4.69, 9.17) is 0 Å². The van der Waals surface area contributed by atoms with Crippen LogP contribution in [0.4, 0.5) is 5.82 Å². The fraction of sp³-hybridized carbons (Fsp3) is 0.526. The summed E-state index contributed by atoms with van der Waals surface area (Å²) in [6, 6.07) is 3.95. The maximum atomic E-state index is 12.7. The Hall–Kier alpha value is -2.97. The maximum absolute atomic E-state index is 12.7. The van der Waals surface area contributed by atoms with Crippen LogP contribution in [0.3, 0.4) is 0 Å². The number of anilines is 1. The van der Waals surface area contributed by atoms with Crippen LogP contribution in [0.1, 0.15) is 24.2 Å². The standard InChI is InChI=1S/C19H25N7O2/c1-13-9-14(2)26(23-13)17-10-16(21-12-22-17)24-5-7-25(8-6-24)19(28)15-3-4-18(27)20-11-15/h9-10,12,15H,3-8,11H2,1-2H3,(H,20,27). The Labute approximate surface area is 163 Å². The molecule has 0 bridgehead atoms. The monoisotopic (exact) mass is 383 g/mol. The molecule has 0 aliphatic carbocycles. The second kappa shape index (κ2) is 7.57. The molecule has 4 rings (SSSR count). The zero-order valence-corrected chi connectivity index (χ0v) is 16.3. The van der Waals surface area contributed by atoms with Gasteiger partial charge < -0.3 is 15.1 Å². The van der Waals surface area contributed by atoms with Gasteiger partial charge in [-0.05, 0) is 26.3 Å². The highest BCUT2D eigenvalue weighted by Crippen LogP contribution is 2.19. The molecule has 0 spiro atoms. The van der Waals surface area contributed by atoms with E-state index in [0.29, 0.717) is 32.5 Å². The third-order valence-corrected chi connectivity index (χ3v) is 5.39. The fourth-order valence-corrected chi connectivity index (χ4v) is 3.84. The summed E-state index contributed by atoms with van der Waals surface area (Å²) in [5, 5.41) is 7.28. The molecule has 2 aliphatic heterocycles. The Bertz CT molecular complexity index is 876. The quantitative estimate of drug-likeness (QED) is 0.827. The van der Waals surface area contributed by atoms with Crippen LogP contribution in [-0.2, 0) is 9.59 Å². The predicted molar refractivity (Wildman–Crippen MR) is 103 cm³/mol. The van der Waals surface area contributed by atoms with E-state index in [1.54, 1.807) is 6.33 Å². The number of hydrogen-bond acceptors (Lipinski definition) is 6. The minimum atomic E-state index is -0.0964. The van der Waals surface area contributed by atoms with Crippen LogP contribution in [0.5, 0.6) is 0 Å². The molecule has 2 aromatic rings. The van der Waals surface area contributed by atoms with E-state index < -0.39 is 0 Å². The first-order chi connectivity index (χ1) is 13.5. The largest absolute Gasteiger partial charge is 0.355 e. The Morgan fingerprint density at radius 2 is 1.86 bits per heavy atom. The summed E-state index contributed by atoms with van der Waals surface area (Å²) >= 11 is 0. The average Bonchev–Trinajstić information content (AvgIpc) is 3.06. The zero-order chi connectivity index (χ0) is 19.7. The van der Waals surface area contributed by atoms with E-state index >= 15 is 0 Å². The molecule has 9 nitrogen and oxygen atoms in total. The van der Waals surface area contributed by atoms with Crippen LogP contribution in [0.15, 0.2) is 18.5 Å². The predicted octanol–water partition coefficient (Wildman–Crippen LogP) is 0.454. The maximum Gasteiger partial charge on any atom is 0.227 e. The van der Waals surface area contributed by atoms with Crippen molar-refractivity contribution in [1.29, 1.82) is 0 Å². The van der Waals surface area contributed by atoms with Crippen molar-refractivity contribution in [2.45, 2.75) is 26.7 Å². The van der Waals surface area contributed by atoms with Crippen molar-refractivity contribution in [2.24, 2.45) is 5.92 Å². The van der Waals surface area contributed by atoms with Crippen molar-refractivity contribution in [3.8, 4) is 5.82 Å². The molecule has 148 valence electrons. The lowest BCUT2D eigenvalue weighted by atomic mass is 9.97. The van der Waals surface area contributed by atoms with Crippen LogP contribution in [0, 0.1) is 19.8 Å². The molecular weight excluding hydrogens is 358 g/mol. The first-order valence-electron chi connectivity index (χ1n) is 9.67. The zero-order valence-electron chi connectivity index (χ0n) is 16.3. The van der Waals surface area contributed by atoms with E-state index in [-0.39, 0.29) is 17.7 Å². The van der Waals surface area contributed by atoms with Gasteiger partial charge in [0.1, 0.15) is 12.1 Å². The van der Waals surface area contributed by atoms with Crippen LogP contribution < -0.4 is 10.2 Å². The van der Waals surface area contributed by atoms with E-state index in [1.807, 2.05) is 35.6 Å². The molecule has 1 unspecified atom stereocenters. The highest BCUT2D eigenvalue weighted by molar-refractivity contribution is 5.84. The van der Waals surface area contributed by atoms with E-state index in [1.165, 1.54) is 0 Å². The molecule has 9 heteroatoms. The number of amides is 2. The Morgan fingerprint density at radius 1 is 1.11 bits per heavy atom. The summed E-state index contributed by atoms with van der Waals surface area (Å²) < 4.78 is 1.82. The number of rotatable bonds is 3. The summed E-state index contributed by atoms with van der Waals surface area (Å²) in [6.45, 7) is 7.16. The third kappa shape index (κ3) is 3.69. The number of carbonyl (C=O) groups excluding carboxylic acids is 2. The number of aryl methyl sites for hydroxylation is 2. The Kier molecular flexibility index (Phi) is 4.97. The third-order valence-electron chi connectivity index (χ3n) is 5.39. The van der Waals surface area contributed by atoms with Crippen molar-refractivity contribution in [3.05, 3.63) is 29.8 Å². The average molecular weight is 383 g/mol. The first kappa shape index (κ1) is 18.4. The summed E-state index contributed by atoms with van der Waals surface area (Å²) in [5.74, 6) is 1.67. The van der Waals surface area contributed by atoms with Crippen LogP contribution >= 0.6 is 0 Å². The molecular formula is C19H25N7O2. The summed E-state index contributed by atoms with van der Waals surface area (Å²) in [7, 11) is 0.